The van der Waals surface area contributed by atoms with E-state index in [4.69, 9.17) is 28.1 Å². The van der Waals surface area contributed by atoms with E-state index in [0.717, 1.165) is 5.56 Å². The summed E-state index contributed by atoms with van der Waals surface area (Å²) in [6.07, 6.45) is -0.966. The Hall–Kier alpha value is -2.61. The van der Waals surface area contributed by atoms with Crippen molar-refractivity contribution >= 4 is 30.1 Å². The number of methoxy groups -OCH3 is 2. The molecule has 0 aliphatic rings. The highest BCUT2D eigenvalue weighted by molar-refractivity contribution is 7.92. The summed E-state index contributed by atoms with van der Waals surface area (Å²) in [4.78, 5) is 25.3. The van der Waals surface area contributed by atoms with E-state index in [9.17, 15) is 18.0 Å². The van der Waals surface area contributed by atoms with Crippen LogP contribution in [-0.2, 0) is 54.1 Å². The van der Waals surface area contributed by atoms with Crippen molar-refractivity contribution < 1.29 is 46.1 Å². The van der Waals surface area contributed by atoms with Gasteiger partial charge >= 0.3 is 11.9 Å². The minimum Gasteiger partial charge on any atom is -0.469 e. The largest absolute Gasteiger partial charge is 0.469 e. The summed E-state index contributed by atoms with van der Waals surface area (Å²) in [7, 11) is -3.42. The van der Waals surface area contributed by atoms with Gasteiger partial charge in [0, 0.05) is 27.1 Å². The molecule has 0 N–H and O–H groups in total. The van der Waals surface area contributed by atoms with Crippen molar-refractivity contribution in [3.8, 4) is 0 Å². The van der Waals surface area contributed by atoms with Gasteiger partial charge in [-0.3, -0.25) is 9.59 Å². The zero-order chi connectivity index (χ0) is 38.5. The molecule has 0 radical (unpaired) electrons. The Balaban J connectivity index is 2.76. The predicted octanol–water partition coefficient (Wildman–Crippen LogP) is 7.75. The monoisotopic (exact) mass is 750 g/mol. The van der Waals surface area contributed by atoms with Crippen LogP contribution in [0.1, 0.15) is 79.7 Å². The Bertz CT molecular complexity index is 1450. The maximum atomic E-state index is 14.8. The van der Waals surface area contributed by atoms with Crippen molar-refractivity contribution in [1.82, 2.24) is 0 Å². The van der Waals surface area contributed by atoms with Gasteiger partial charge in [0.15, 0.2) is 23.8 Å². The molecule has 0 aliphatic carbocycles. The second-order valence-corrected chi connectivity index (χ2v) is 22.3. The lowest BCUT2D eigenvalue weighted by Gasteiger charge is -2.45. The lowest BCUT2D eigenvalue weighted by molar-refractivity contribution is -0.211. The lowest BCUT2D eigenvalue weighted by atomic mass is 9.84. The molecule has 0 aromatic heterocycles. The minimum absolute atomic E-state index is 0.0118. The quantitative estimate of drug-likeness (QED) is 0.0671. The number of carbonyl (C=O) groups excluding carboxylic acids is 2. The van der Waals surface area contributed by atoms with Crippen LogP contribution in [0.3, 0.4) is 0 Å². The van der Waals surface area contributed by atoms with E-state index in [1.165, 1.54) is 33.3 Å². The number of esters is 2. The summed E-state index contributed by atoms with van der Waals surface area (Å²) < 4.78 is 65.7. The Labute approximate surface area is 307 Å². The SMILES string of the molecule is COCO[C@@H](C[C@@H](C)CO[Si](C)(C)C(C)(C)C)[C@@H](OCc1ccccc1)C(C)(OC(C)=O)C(CC[C@H](C)CC(=O)OC)S(=O)(=O)c1ccccc1. The second-order valence-electron chi connectivity index (χ2n) is 15.3. The number of ether oxygens (including phenoxy) is 5. The molecule has 0 spiro atoms. The van der Waals surface area contributed by atoms with E-state index in [1.807, 2.05) is 37.3 Å². The smallest absolute Gasteiger partial charge is 0.305 e. The standard InChI is InChI=1S/C39H62O10SSi/c1-29(25-36(41)45-9)22-23-35(50(42,43)33-20-16-13-17-21-33)39(7,49-31(3)40)37(46-27-32-18-14-12-15-19-32)34(47-28-44-8)24-30(2)26-48-51(10,11)38(4,5)6/h12-21,29-30,34-35,37H,22-28H2,1-11H3/t29-,30+,34-,35?,37+,39?/m0/s1. The van der Waals surface area contributed by atoms with Crippen molar-refractivity contribution in [1.29, 1.82) is 0 Å². The molecule has 0 saturated heterocycles. The molecule has 51 heavy (non-hydrogen) atoms. The maximum Gasteiger partial charge on any atom is 0.305 e. The Morgan fingerprint density at radius 3 is 1.96 bits per heavy atom. The van der Waals surface area contributed by atoms with Gasteiger partial charge in [0.2, 0.25) is 0 Å². The fraction of sp³-hybridized carbons (Fsp3) is 0.641. The molecule has 2 unspecified atom stereocenters. The molecule has 2 aromatic rings. The van der Waals surface area contributed by atoms with Gasteiger partial charge in [-0.05, 0) is 73.9 Å². The number of sulfone groups is 1. The Morgan fingerprint density at radius 2 is 1.43 bits per heavy atom. The van der Waals surface area contributed by atoms with Gasteiger partial charge < -0.3 is 28.1 Å². The predicted molar refractivity (Wildman–Crippen MR) is 201 cm³/mol. The molecule has 0 bridgehead atoms. The maximum absolute atomic E-state index is 14.8. The molecule has 6 atom stereocenters. The van der Waals surface area contributed by atoms with Crippen LogP contribution in [0.2, 0.25) is 18.1 Å². The van der Waals surface area contributed by atoms with Crippen LogP contribution >= 0.6 is 0 Å². The molecule has 2 aromatic carbocycles. The van der Waals surface area contributed by atoms with Gasteiger partial charge in [0.05, 0.1) is 24.7 Å². The molecule has 2 rings (SSSR count). The van der Waals surface area contributed by atoms with Crippen molar-refractivity contribution in [3.63, 3.8) is 0 Å². The summed E-state index contributed by atoms with van der Waals surface area (Å²) in [5.74, 6) is -1.32. The van der Waals surface area contributed by atoms with Crippen LogP contribution in [-0.4, -0.2) is 79.4 Å². The highest BCUT2D eigenvalue weighted by Gasteiger charge is 2.55. The molecule has 0 saturated carbocycles. The molecule has 0 fully saturated rings. The molecule has 12 heteroatoms. The van der Waals surface area contributed by atoms with Crippen LogP contribution in [0.15, 0.2) is 65.6 Å². The third kappa shape index (κ3) is 13.4. The molecule has 0 amide bonds. The molecule has 10 nitrogen and oxygen atoms in total. The van der Waals surface area contributed by atoms with E-state index in [2.05, 4.69) is 40.8 Å². The minimum atomic E-state index is -4.17. The van der Waals surface area contributed by atoms with Crippen molar-refractivity contribution in [3.05, 3.63) is 66.2 Å². The Kier molecular flexibility index (Phi) is 17.5. The number of carbonyl (C=O) groups is 2. The summed E-state index contributed by atoms with van der Waals surface area (Å²) in [5, 5.41) is -1.28. The summed E-state index contributed by atoms with van der Waals surface area (Å²) >= 11 is 0. The molecule has 0 heterocycles. The van der Waals surface area contributed by atoms with Gasteiger partial charge in [-0.25, -0.2) is 8.42 Å². The van der Waals surface area contributed by atoms with Crippen LogP contribution in [0, 0.1) is 11.8 Å². The van der Waals surface area contributed by atoms with Crippen LogP contribution < -0.4 is 0 Å². The van der Waals surface area contributed by atoms with Gasteiger partial charge in [-0.2, -0.15) is 0 Å². The average Bonchev–Trinajstić information content (AvgIpc) is 3.06. The van der Waals surface area contributed by atoms with E-state index < -0.39 is 53.2 Å². The number of hydrogen-bond acceptors (Lipinski definition) is 10. The number of benzene rings is 2. The van der Waals surface area contributed by atoms with Gasteiger partial charge in [-0.1, -0.05) is 83.1 Å². The fourth-order valence-electron chi connectivity index (χ4n) is 5.92. The van der Waals surface area contributed by atoms with Crippen LogP contribution in [0.25, 0.3) is 0 Å². The third-order valence-corrected chi connectivity index (χ3v) is 16.7. The highest BCUT2D eigenvalue weighted by atomic mass is 32.2. The first-order valence-corrected chi connectivity index (χ1v) is 22.2. The first kappa shape index (κ1) is 44.5. The van der Waals surface area contributed by atoms with Gasteiger partial charge in [-0.15, -0.1) is 0 Å². The molecular weight excluding hydrogens is 689 g/mol. The topological polar surface area (TPSA) is 124 Å². The zero-order valence-electron chi connectivity index (χ0n) is 32.6. The zero-order valence-corrected chi connectivity index (χ0v) is 34.4. The van der Waals surface area contributed by atoms with Crippen LogP contribution in [0.4, 0.5) is 0 Å². The van der Waals surface area contributed by atoms with Crippen molar-refractivity contribution in [2.24, 2.45) is 11.8 Å². The van der Waals surface area contributed by atoms with E-state index in [-0.39, 0.29) is 48.0 Å². The Morgan fingerprint density at radius 1 is 0.843 bits per heavy atom. The van der Waals surface area contributed by atoms with Gasteiger partial charge in [0.25, 0.3) is 0 Å². The first-order valence-electron chi connectivity index (χ1n) is 17.7. The average molecular weight is 751 g/mol. The lowest BCUT2D eigenvalue weighted by Crippen LogP contribution is -2.61. The first-order chi connectivity index (χ1) is 23.8. The van der Waals surface area contributed by atoms with Crippen LogP contribution in [0.5, 0.6) is 0 Å². The summed E-state index contributed by atoms with van der Waals surface area (Å²) in [6, 6.07) is 17.6. The summed E-state index contributed by atoms with van der Waals surface area (Å²) in [5.41, 5.74) is -0.916. The number of rotatable bonds is 22. The number of hydrogen-bond donors (Lipinski definition) is 0. The molecular formula is C39H62O10SSi. The second kappa shape index (κ2) is 20.0. The third-order valence-electron chi connectivity index (χ3n) is 9.86. The van der Waals surface area contributed by atoms with Gasteiger partial charge in [0.1, 0.15) is 18.1 Å². The molecule has 0 aliphatic heterocycles. The van der Waals surface area contributed by atoms with E-state index in [0.29, 0.717) is 19.4 Å². The normalized spacial score (nSPS) is 16.7. The highest BCUT2D eigenvalue weighted by Crippen LogP contribution is 2.40. The van der Waals surface area contributed by atoms with Crippen molar-refractivity contribution in [2.45, 2.75) is 127 Å². The van der Waals surface area contributed by atoms with Crippen molar-refractivity contribution in [2.75, 3.05) is 27.6 Å². The fourth-order valence-corrected chi connectivity index (χ4v) is 9.16. The molecule has 288 valence electrons. The summed E-state index contributed by atoms with van der Waals surface area (Å²) in [6.45, 7) is 18.2. The van der Waals surface area contributed by atoms with E-state index >= 15 is 0 Å². The van der Waals surface area contributed by atoms with E-state index in [1.54, 1.807) is 25.1 Å².